The molecule has 0 aromatic carbocycles. The molecule has 1 aromatic rings. The van der Waals surface area contributed by atoms with Gasteiger partial charge in [0.2, 0.25) is 0 Å². The van der Waals surface area contributed by atoms with Crippen molar-refractivity contribution in [2.75, 3.05) is 0 Å². The monoisotopic (exact) mass is 254 g/mol. The molecule has 0 aliphatic rings. The lowest BCUT2D eigenvalue weighted by Crippen LogP contribution is -2.40. The highest BCUT2D eigenvalue weighted by Gasteiger charge is 2.37. The predicted molar refractivity (Wildman–Crippen MR) is 70.6 cm³/mol. The molecule has 4 nitrogen and oxygen atoms in total. The molecule has 0 bridgehead atoms. The SMILES string of the molecule is CC(=O)c1ncc(CO[Si](C)(C)C(C)(C)C)[nH]1. The third-order valence-corrected chi connectivity index (χ3v) is 7.84. The van der Waals surface area contributed by atoms with Crippen LogP contribution < -0.4 is 0 Å². The zero-order valence-corrected chi connectivity index (χ0v) is 12.5. The van der Waals surface area contributed by atoms with E-state index in [2.05, 4.69) is 43.8 Å². The predicted octanol–water partition coefficient (Wildman–Crippen LogP) is 3.13. The summed E-state index contributed by atoms with van der Waals surface area (Å²) in [4.78, 5) is 18.1. The lowest BCUT2D eigenvalue weighted by molar-refractivity contribution is 0.100. The number of carbonyl (C=O) groups excluding carboxylic acids is 1. The smallest absolute Gasteiger partial charge is 0.194 e. The van der Waals surface area contributed by atoms with Gasteiger partial charge in [-0.15, -0.1) is 0 Å². The first-order valence-electron chi connectivity index (χ1n) is 5.82. The third kappa shape index (κ3) is 3.51. The lowest BCUT2D eigenvalue weighted by atomic mass is 10.2. The standard InChI is InChI=1S/C12H22N2O2Si/c1-9(15)11-13-7-10(14-11)8-16-17(5,6)12(2,3)4/h7H,8H2,1-6H3,(H,13,14). The summed E-state index contributed by atoms with van der Waals surface area (Å²) in [5.41, 5.74) is 0.861. The van der Waals surface area contributed by atoms with Crippen LogP contribution in [-0.4, -0.2) is 24.1 Å². The van der Waals surface area contributed by atoms with E-state index in [0.29, 0.717) is 12.4 Å². The summed E-state index contributed by atoms with van der Waals surface area (Å²) >= 11 is 0. The number of hydrogen-bond donors (Lipinski definition) is 1. The van der Waals surface area contributed by atoms with Gasteiger partial charge in [0.05, 0.1) is 18.5 Å². The number of ketones is 1. The van der Waals surface area contributed by atoms with Crippen molar-refractivity contribution in [2.24, 2.45) is 0 Å². The molecule has 1 aromatic heterocycles. The molecule has 0 saturated heterocycles. The number of nitrogens with zero attached hydrogens (tertiary/aromatic N) is 1. The van der Waals surface area contributed by atoms with E-state index in [-0.39, 0.29) is 10.8 Å². The quantitative estimate of drug-likeness (QED) is 0.663. The molecule has 0 radical (unpaired) electrons. The van der Waals surface area contributed by atoms with E-state index in [1.165, 1.54) is 6.92 Å². The van der Waals surface area contributed by atoms with Crippen molar-refractivity contribution in [2.45, 2.75) is 52.4 Å². The number of carbonyl (C=O) groups is 1. The van der Waals surface area contributed by atoms with Crippen LogP contribution >= 0.6 is 0 Å². The van der Waals surface area contributed by atoms with Crippen molar-refractivity contribution in [3.63, 3.8) is 0 Å². The molecule has 1 heterocycles. The van der Waals surface area contributed by atoms with E-state index in [9.17, 15) is 4.79 Å². The molecule has 1 rings (SSSR count). The van der Waals surface area contributed by atoms with Gasteiger partial charge in [-0.1, -0.05) is 20.8 Å². The Morgan fingerprint density at radius 1 is 1.47 bits per heavy atom. The number of hydrogen-bond acceptors (Lipinski definition) is 3. The summed E-state index contributed by atoms with van der Waals surface area (Å²) in [6.07, 6.45) is 1.67. The molecule has 1 N–H and O–H groups in total. The van der Waals surface area contributed by atoms with Crippen LogP contribution in [0.2, 0.25) is 18.1 Å². The summed E-state index contributed by atoms with van der Waals surface area (Å²) in [5, 5.41) is 0.191. The zero-order valence-electron chi connectivity index (χ0n) is 11.5. The second kappa shape index (κ2) is 4.74. The van der Waals surface area contributed by atoms with Gasteiger partial charge in [0.15, 0.2) is 19.9 Å². The lowest BCUT2D eigenvalue weighted by Gasteiger charge is -2.35. The Morgan fingerprint density at radius 3 is 2.47 bits per heavy atom. The van der Waals surface area contributed by atoms with Crippen LogP contribution in [0.3, 0.4) is 0 Å². The van der Waals surface area contributed by atoms with Crippen LogP contribution in [0.1, 0.15) is 44.0 Å². The molecule has 0 spiro atoms. The second-order valence-electron chi connectivity index (χ2n) is 5.86. The summed E-state index contributed by atoms with van der Waals surface area (Å²) in [6, 6.07) is 0. The molecular weight excluding hydrogens is 232 g/mol. The summed E-state index contributed by atoms with van der Waals surface area (Å²) in [6.45, 7) is 13.0. The number of imidazole rings is 1. The first kappa shape index (κ1) is 14.1. The fraction of sp³-hybridized carbons (Fsp3) is 0.667. The van der Waals surface area contributed by atoms with Gasteiger partial charge in [0.1, 0.15) is 0 Å². The molecular formula is C12H22N2O2Si. The topological polar surface area (TPSA) is 55.0 Å². The average molecular weight is 254 g/mol. The third-order valence-electron chi connectivity index (χ3n) is 3.36. The van der Waals surface area contributed by atoms with Crippen LogP contribution in [0, 0.1) is 0 Å². The fourth-order valence-electron chi connectivity index (χ4n) is 1.09. The van der Waals surface area contributed by atoms with E-state index >= 15 is 0 Å². The zero-order chi connectivity index (χ0) is 13.3. The maximum absolute atomic E-state index is 11.1. The van der Waals surface area contributed by atoms with Gasteiger partial charge in [-0.05, 0) is 18.1 Å². The molecule has 5 heteroatoms. The Kier molecular flexibility index (Phi) is 3.94. The molecule has 0 fully saturated rings. The summed E-state index contributed by atoms with van der Waals surface area (Å²) < 4.78 is 6.03. The normalized spacial score (nSPS) is 12.8. The van der Waals surface area contributed by atoms with Gasteiger partial charge in [-0.3, -0.25) is 4.79 Å². The number of aromatic amines is 1. The van der Waals surface area contributed by atoms with Crippen molar-refractivity contribution in [1.82, 2.24) is 9.97 Å². The van der Waals surface area contributed by atoms with Gasteiger partial charge < -0.3 is 9.41 Å². The van der Waals surface area contributed by atoms with Gasteiger partial charge in [-0.2, -0.15) is 0 Å². The first-order valence-corrected chi connectivity index (χ1v) is 8.73. The summed E-state index contributed by atoms with van der Waals surface area (Å²) in [7, 11) is -1.74. The van der Waals surface area contributed by atoms with Gasteiger partial charge in [0, 0.05) is 6.92 Å². The minimum Gasteiger partial charge on any atom is -0.411 e. The summed E-state index contributed by atoms with van der Waals surface area (Å²) in [5.74, 6) is 0.349. The minimum atomic E-state index is -1.74. The van der Waals surface area contributed by atoms with Crippen molar-refractivity contribution in [3.05, 3.63) is 17.7 Å². The van der Waals surface area contributed by atoms with Crippen LogP contribution in [0.5, 0.6) is 0 Å². The molecule has 0 aliphatic carbocycles. The van der Waals surface area contributed by atoms with Gasteiger partial charge in [-0.25, -0.2) is 4.98 Å². The Morgan fingerprint density at radius 2 is 2.06 bits per heavy atom. The number of Topliss-reactive ketones (excluding diaryl/α,β-unsaturated/α-hetero) is 1. The highest BCUT2D eigenvalue weighted by molar-refractivity contribution is 6.74. The van der Waals surface area contributed by atoms with Gasteiger partial charge >= 0.3 is 0 Å². The maximum Gasteiger partial charge on any atom is 0.194 e. The van der Waals surface area contributed by atoms with E-state index in [4.69, 9.17) is 4.43 Å². The Bertz CT molecular complexity index is 405. The first-order chi connectivity index (χ1) is 7.63. The van der Waals surface area contributed by atoms with E-state index in [1.807, 2.05) is 0 Å². The number of nitrogens with one attached hydrogen (secondary N) is 1. The van der Waals surface area contributed by atoms with Crippen molar-refractivity contribution >= 4 is 14.1 Å². The van der Waals surface area contributed by atoms with Crippen molar-refractivity contribution < 1.29 is 9.22 Å². The van der Waals surface area contributed by atoms with Crippen LogP contribution in [-0.2, 0) is 11.0 Å². The molecule has 0 amide bonds. The molecule has 17 heavy (non-hydrogen) atoms. The van der Waals surface area contributed by atoms with Crippen LogP contribution in [0.4, 0.5) is 0 Å². The Balaban J connectivity index is 2.64. The van der Waals surface area contributed by atoms with Gasteiger partial charge in [0.25, 0.3) is 0 Å². The highest BCUT2D eigenvalue weighted by atomic mass is 28.4. The maximum atomic E-state index is 11.1. The Labute approximate surface area is 104 Å². The Hall–Kier alpha value is -0.943. The number of rotatable bonds is 4. The van der Waals surface area contributed by atoms with Crippen LogP contribution in [0.15, 0.2) is 6.20 Å². The molecule has 0 atom stereocenters. The molecule has 0 unspecified atom stereocenters. The fourth-order valence-corrected chi connectivity index (χ4v) is 2.04. The largest absolute Gasteiger partial charge is 0.411 e. The molecule has 0 saturated carbocycles. The molecule has 0 aliphatic heterocycles. The van der Waals surface area contributed by atoms with Crippen molar-refractivity contribution in [3.8, 4) is 0 Å². The van der Waals surface area contributed by atoms with E-state index in [1.54, 1.807) is 6.20 Å². The number of H-pyrrole nitrogens is 1. The average Bonchev–Trinajstić information content (AvgIpc) is 2.61. The molecule has 96 valence electrons. The minimum absolute atomic E-state index is 0.0522. The highest BCUT2D eigenvalue weighted by Crippen LogP contribution is 2.36. The van der Waals surface area contributed by atoms with E-state index in [0.717, 1.165) is 5.69 Å². The van der Waals surface area contributed by atoms with Crippen molar-refractivity contribution in [1.29, 1.82) is 0 Å². The second-order valence-corrected chi connectivity index (χ2v) is 10.7. The van der Waals surface area contributed by atoms with Crippen LogP contribution in [0.25, 0.3) is 0 Å². The van der Waals surface area contributed by atoms with E-state index < -0.39 is 8.32 Å². The number of aromatic nitrogens is 2.